The largest absolute Gasteiger partial charge is 0.469 e. The standard InChI is InChI=1S/C16H21NO4/c1-11(16(2,3)4)10-13(15(18)21-5)12-8-6-7-9-14(12)17(19)20/h6-9,13H,1,10H2,2-5H3. The zero-order valence-electron chi connectivity index (χ0n) is 12.9. The van der Waals surface area contributed by atoms with E-state index in [0.717, 1.165) is 5.57 Å². The van der Waals surface area contributed by atoms with Crippen molar-refractivity contribution >= 4 is 11.7 Å². The molecule has 5 nitrogen and oxygen atoms in total. The smallest absolute Gasteiger partial charge is 0.313 e. The van der Waals surface area contributed by atoms with Gasteiger partial charge in [0.2, 0.25) is 0 Å². The van der Waals surface area contributed by atoms with Gasteiger partial charge in [0.1, 0.15) is 0 Å². The number of esters is 1. The third kappa shape index (κ3) is 4.15. The Morgan fingerprint density at radius 1 is 1.38 bits per heavy atom. The van der Waals surface area contributed by atoms with Crippen LogP contribution in [0.25, 0.3) is 0 Å². The Balaban J connectivity index is 3.25. The summed E-state index contributed by atoms with van der Waals surface area (Å²) in [6.45, 7) is 9.97. The molecule has 0 amide bonds. The molecule has 0 aromatic heterocycles. The van der Waals surface area contributed by atoms with E-state index in [-0.39, 0.29) is 11.1 Å². The van der Waals surface area contributed by atoms with Gasteiger partial charge < -0.3 is 4.74 Å². The van der Waals surface area contributed by atoms with Crippen LogP contribution < -0.4 is 0 Å². The molecule has 0 N–H and O–H groups in total. The minimum absolute atomic E-state index is 0.0744. The SMILES string of the molecule is C=C(CC(C(=O)OC)c1ccccc1[N+](=O)[O-])C(C)(C)C. The molecule has 1 unspecified atom stereocenters. The van der Waals surface area contributed by atoms with Gasteiger partial charge in [-0.3, -0.25) is 14.9 Å². The highest BCUT2D eigenvalue weighted by Crippen LogP contribution is 2.36. The van der Waals surface area contributed by atoms with Gasteiger partial charge in [0.05, 0.1) is 18.0 Å². The number of hydrogen-bond donors (Lipinski definition) is 0. The number of carbonyl (C=O) groups excluding carboxylic acids is 1. The van der Waals surface area contributed by atoms with Crippen LogP contribution in [0.15, 0.2) is 36.4 Å². The molecule has 0 saturated carbocycles. The average molecular weight is 291 g/mol. The molecule has 0 aliphatic rings. The molecule has 5 heteroatoms. The van der Waals surface area contributed by atoms with Gasteiger partial charge in [0.25, 0.3) is 5.69 Å². The zero-order chi connectivity index (χ0) is 16.2. The first kappa shape index (κ1) is 16.9. The Kier molecular flexibility index (Phi) is 5.24. The first-order valence-electron chi connectivity index (χ1n) is 6.68. The number of rotatable bonds is 5. The lowest BCUT2D eigenvalue weighted by Gasteiger charge is -2.25. The second kappa shape index (κ2) is 6.52. The predicted octanol–water partition coefficient (Wildman–Crippen LogP) is 3.84. The number of ether oxygens (including phenoxy) is 1. The molecule has 114 valence electrons. The molecule has 0 radical (unpaired) electrons. The molecule has 0 aliphatic carbocycles. The van der Waals surface area contributed by atoms with Gasteiger partial charge in [-0.25, -0.2) is 0 Å². The van der Waals surface area contributed by atoms with Crippen molar-refractivity contribution in [2.45, 2.75) is 33.1 Å². The minimum Gasteiger partial charge on any atom is -0.469 e. The molecular formula is C16H21NO4. The lowest BCUT2D eigenvalue weighted by Crippen LogP contribution is -2.20. The van der Waals surface area contributed by atoms with Gasteiger partial charge in [0.15, 0.2) is 0 Å². The summed E-state index contributed by atoms with van der Waals surface area (Å²) in [5.74, 6) is -1.21. The van der Waals surface area contributed by atoms with Crippen molar-refractivity contribution < 1.29 is 14.5 Å². The Labute approximate surface area is 124 Å². The van der Waals surface area contributed by atoms with E-state index in [1.165, 1.54) is 13.2 Å². The summed E-state index contributed by atoms with van der Waals surface area (Å²) in [6.07, 6.45) is 0.320. The van der Waals surface area contributed by atoms with Crippen molar-refractivity contribution in [3.8, 4) is 0 Å². The van der Waals surface area contributed by atoms with Crippen LogP contribution in [0.5, 0.6) is 0 Å². The number of carbonyl (C=O) groups is 1. The number of para-hydroxylation sites is 1. The molecule has 0 saturated heterocycles. The van der Waals surface area contributed by atoms with Crippen molar-refractivity contribution in [3.05, 3.63) is 52.1 Å². The maximum atomic E-state index is 12.1. The summed E-state index contributed by atoms with van der Waals surface area (Å²) >= 11 is 0. The molecule has 0 spiro atoms. The van der Waals surface area contributed by atoms with E-state index in [2.05, 4.69) is 6.58 Å². The molecule has 1 aromatic rings. The number of methoxy groups -OCH3 is 1. The second-order valence-electron chi connectivity index (χ2n) is 5.95. The van der Waals surface area contributed by atoms with Crippen molar-refractivity contribution in [1.29, 1.82) is 0 Å². The molecule has 0 aliphatic heterocycles. The van der Waals surface area contributed by atoms with Gasteiger partial charge in [-0.2, -0.15) is 0 Å². The van der Waals surface area contributed by atoms with Gasteiger partial charge in [-0.15, -0.1) is 0 Å². The normalized spacial score (nSPS) is 12.6. The maximum absolute atomic E-state index is 12.1. The molecule has 21 heavy (non-hydrogen) atoms. The lowest BCUT2D eigenvalue weighted by molar-refractivity contribution is -0.385. The quantitative estimate of drug-likeness (QED) is 0.357. The number of nitro benzene ring substituents is 1. The van der Waals surface area contributed by atoms with Crippen molar-refractivity contribution in [1.82, 2.24) is 0 Å². The van der Waals surface area contributed by atoms with E-state index in [4.69, 9.17) is 4.74 Å². The summed E-state index contributed by atoms with van der Waals surface area (Å²) in [6, 6.07) is 6.24. The van der Waals surface area contributed by atoms with Crippen LogP contribution in [-0.2, 0) is 9.53 Å². The molecule has 1 rings (SSSR count). The van der Waals surface area contributed by atoms with Crippen LogP contribution in [0.3, 0.4) is 0 Å². The molecule has 0 heterocycles. The van der Waals surface area contributed by atoms with Gasteiger partial charge >= 0.3 is 5.97 Å². The Bertz CT molecular complexity index is 558. The van der Waals surface area contributed by atoms with Gasteiger partial charge in [-0.1, -0.05) is 51.1 Å². The predicted molar refractivity (Wildman–Crippen MR) is 81.1 cm³/mol. The third-order valence-corrected chi connectivity index (χ3v) is 3.51. The number of nitrogens with zero attached hydrogens (tertiary/aromatic N) is 1. The third-order valence-electron chi connectivity index (χ3n) is 3.51. The fourth-order valence-corrected chi connectivity index (χ4v) is 1.96. The van der Waals surface area contributed by atoms with Crippen LogP contribution in [0.4, 0.5) is 5.69 Å². The molecular weight excluding hydrogens is 270 g/mol. The van der Waals surface area contributed by atoms with E-state index in [9.17, 15) is 14.9 Å². The van der Waals surface area contributed by atoms with E-state index in [1.807, 2.05) is 20.8 Å². The van der Waals surface area contributed by atoms with Crippen LogP contribution in [0, 0.1) is 15.5 Å². The van der Waals surface area contributed by atoms with Crippen molar-refractivity contribution in [2.24, 2.45) is 5.41 Å². The van der Waals surface area contributed by atoms with E-state index in [0.29, 0.717) is 12.0 Å². The molecule has 0 fully saturated rings. The first-order valence-corrected chi connectivity index (χ1v) is 6.68. The molecule has 1 aromatic carbocycles. The van der Waals surface area contributed by atoms with Crippen LogP contribution >= 0.6 is 0 Å². The van der Waals surface area contributed by atoms with Crippen LogP contribution in [0.1, 0.15) is 38.7 Å². The molecule has 0 bridgehead atoms. The van der Waals surface area contributed by atoms with Crippen molar-refractivity contribution in [3.63, 3.8) is 0 Å². The highest BCUT2D eigenvalue weighted by Gasteiger charge is 2.31. The number of benzene rings is 1. The van der Waals surface area contributed by atoms with E-state index >= 15 is 0 Å². The van der Waals surface area contributed by atoms with Crippen molar-refractivity contribution in [2.75, 3.05) is 7.11 Å². The summed E-state index contributed by atoms with van der Waals surface area (Å²) < 4.78 is 4.81. The first-order chi connectivity index (χ1) is 9.68. The van der Waals surface area contributed by atoms with E-state index in [1.54, 1.807) is 18.2 Å². The number of nitro groups is 1. The monoisotopic (exact) mass is 291 g/mol. The van der Waals surface area contributed by atoms with Crippen LogP contribution in [0.2, 0.25) is 0 Å². The summed E-state index contributed by atoms with van der Waals surface area (Å²) in [4.78, 5) is 22.7. The highest BCUT2D eigenvalue weighted by atomic mass is 16.6. The Morgan fingerprint density at radius 2 is 1.95 bits per heavy atom. The Hall–Kier alpha value is -2.17. The fourth-order valence-electron chi connectivity index (χ4n) is 1.96. The summed E-state index contributed by atoms with van der Waals surface area (Å²) in [5, 5.41) is 11.2. The van der Waals surface area contributed by atoms with E-state index < -0.39 is 16.8 Å². The minimum atomic E-state index is -0.719. The van der Waals surface area contributed by atoms with Gasteiger partial charge in [-0.05, 0) is 11.8 Å². The lowest BCUT2D eigenvalue weighted by atomic mass is 9.80. The topological polar surface area (TPSA) is 69.4 Å². The summed E-state index contributed by atoms with van der Waals surface area (Å²) in [5.41, 5.74) is 0.945. The zero-order valence-corrected chi connectivity index (χ0v) is 12.9. The van der Waals surface area contributed by atoms with Crippen LogP contribution in [-0.4, -0.2) is 18.0 Å². The highest BCUT2D eigenvalue weighted by molar-refractivity contribution is 5.80. The maximum Gasteiger partial charge on any atom is 0.313 e. The number of hydrogen-bond acceptors (Lipinski definition) is 4. The summed E-state index contributed by atoms with van der Waals surface area (Å²) in [7, 11) is 1.28. The average Bonchev–Trinajstić information content (AvgIpc) is 2.42. The second-order valence-corrected chi connectivity index (χ2v) is 5.95. The number of allylic oxidation sites excluding steroid dienone is 1. The fraction of sp³-hybridized carbons (Fsp3) is 0.438. The Morgan fingerprint density at radius 3 is 2.43 bits per heavy atom. The van der Waals surface area contributed by atoms with Gasteiger partial charge in [0, 0.05) is 11.6 Å². The molecule has 1 atom stereocenters.